The van der Waals surface area contributed by atoms with Crippen LogP contribution in [0.15, 0.2) is 48.5 Å². The zero-order valence-corrected chi connectivity index (χ0v) is 12.7. The third-order valence-corrected chi connectivity index (χ3v) is 3.58. The number of rotatable bonds is 4. The quantitative estimate of drug-likeness (QED) is 0.762. The number of fused-ring (bicyclic) bond motifs is 1. The van der Waals surface area contributed by atoms with Crippen molar-refractivity contribution in [3.05, 3.63) is 65.5 Å². The summed E-state index contributed by atoms with van der Waals surface area (Å²) in [6.07, 6.45) is 0. The van der Waals surface area contributed by atoms with Gasteiger partial charge < -0.3 is 14.2 Å². The molecule has 3 aromatic rings. The molecule has 0 saturated heterocycles. The van der Waals surface area contributed by atoms with Gasteiger partial charge in [0.25, 0.3) is 0 Å². The summed E-state index contributed by atoms with van der Waals surface area (Å²) < 4.78 is 17.3. The van der Waals surface area contributed by atoms with E-state index < -0.39 is 0 Å². The summed E-state index contributed by atoms with van der Waals surface area (Å²) in [6, 6.07) is 14.2. The van der Waals surface area contributed by atoms with Crippen LogP contribution in [0.25, 0.3) is 11.0 Å². The second kappa shape index (κ2) is 6.77. The SMILES string of the molecule is Cl.N=c1n(CCO)c2ccccc2n1Cc1ccccc1F. The molecule has 0 radical (unpaired) electrons. The summed E-state index contributed by atoms with van der Waals surface area (Å²) in [5.74, 6) is -0.275. The fourth-order valence-electron chi connectivity index (χ4n) is 2.58. The molecular formula is C16H17ClFN3O. The highest BCUT2D eigenvalue weighted by Gasteiger charge is 2.11. The van der Waals surface area contributed by atoms with Gasteiger partial charge in [0.15, 0.2) is 0 Å². The third kappa shape index (κ3) is 2.77. The maximum Gasteiger partial charge on any atom is 0.203 e. The molecule has 0 atom stereocenters. The fraction of sp³-hybridized carbons (Fsp3) is 0.188. The lowest BCUT2D eigenvalue weighted by Crippen LogP contribution is -2.26. The molecule has 0 unspecified atom stereocenters. The molecule has 0 spiro atoms. The van der Waals surface area contributed by atoms with Crippen LogP contribution in [-0.2, 0) is 13.1 Å². The molecule has 0 fully saturated rings. The predicted molar refractivity (Wildman–Crippen MR) is 85.6 cm³/mol. The Bertz CT molecular complexity index is 841. The number of aromatic nitrogens is 2. The largest absolute Gasteiger partial charge is 0.395 e. The number of hydrogen-bond donors (Lipinski definition) is 2. The van der Waals surface area contributed by atoms with Crippen molar-refractivity contribution in [2.75, 3.05) is 6.61 Å². The van der Waals surface area contributed by atoms with E-state index in [4.69, 9.17) is 5.41 Å². The summed E-state index contributed by atoms with van der Waals surface area (Å²) >= 11 is 0. The number of nitrogens with zero attached hydrogens (tertiary/aromatic N) is 2. The van der Waals surface area contributed by atoms with Crippen molar-refractivity contribution < 1.29 is 9.50 Å². The lowest BCUT2D eigenvalue weighted by Gasteiger charge is -2.06. The first-order chi connectivity index (χ1) is 10.2. The van der Waals surface area contributed by atoms with E-state index >= 15 is 0 Å². The van der Waals surface area contributed by atoms with E-state index in [0.29, 0.717) is 18.7 Å². The van der Waals surface area contributed by atoms with E-state index in [1.165, 1.54) is 6.07 Å². The molecule has 22 heavy (non-hydrogen) atoms. The Morgan fingerprint density at radius 2 is 1.55 bits per heavy atom. The van der Waals surface area contributed by atoms with Gasteiger partial charge in [-0.25, -0.2) is 4.39 Å². The Balaban J connectivity index is 0.00000176. The minimum Gasteiger partial charge on any atom is -0.395 e. The standard InChI is InChI=1S/C16H16FN3O.ClH/c17-13-6-2-1-5-12(13)11-20-15-8-4-3-7-14(15)19(9-10-21)16(20)18;/h1-8,18,21H,9-11H2;1H. The molecule has 0 aliphatic carbocycles. The first-order valence-corrected chi connectivity index (χ1v) is 6.79. The summed E-state index contributed by atoms with van der Waals surface area (Å²) in [4.78, 5) is 0. The van der Waals surface area contributed by atoms with Gasteiger partial charge >= 0.3 is 0 Å². The van der Waals surface area contributed by atoms with Crippen molar-refractivity contribution in [1.82, 2.24) is 9.13 Å². The second-order valence-electron chi connectivity index (χ2n) is 4.87. The normalized spacial score (nSPS) is 10.6. The third-order valence-electron chi connectivity index (χ3n) is 3.58. The van der Waals surface area contributed by atoms with Crippen molar-refractivity contribution in [3.63, 3.8) is 0 Å². The van der Waals surface area contributed by atoms with Crippen LogP contribution in [-0.4, -0.2) is 20.8 Å². The molecule has 0 amide bonds. The number of nitrogens with one attached hydrogen (secondary N) is 1. The van der Waals surface area contributed by atoms with E-state index in [-0.39, 0.29) is 30.4 Å². The molecule has 1 heterocycles. The maximum absolute atomic E-state index is 13.8. The Morgan fingerprint density at radius 3 is 2.18 bits per heavy atom. The van der Waals surface area contributed by atoms with Gasteiger partial charge in [0.1, 0.15) is 5.82 Å². The number of aliphatic hydroxyl groups excluding tert-OH is 1. The van der Waals surface area contributed by atoms with Crippen LogP contribution in [0.1, 0.15) is 5.56 Å². The molecule has 0 bridgehead atoms. The van der Waals surface area contributed by atoms with Crippen LogP contribution in [0.4, 0.5) is 4.39 Å². The van der Waals surface area contributed by atoms with Crippen LogP contribution < -0.4 is 5.62 Å². The number of para-hydroxylation sites is 2. The molecule has 0 aliphatic heterocycles. The van der Waals surface area contributed by atoms with Gasteiger partial charge in [-0.2, -0.15) is 0 Å². The Morgan fingerprint density at radius 1 is 0.955 bits per heavy atom. The molecule has 1 aromatic heterocycles. The number of hydrogen-bond acceptors (Lipinski definition) is 2. The number of aliphatic hydroxyl groups is 1. The molecular weight excluding hydrogens is 305 g/mol. The zero-order valence-electron chi connectivity index (χ0n) is 11.9. The van der Waals surface area contributed by atoms with Gasteiger partial charge in [0.2, 0.25) is 5.62 Å². The smallest absolute Gasteiger partial charge is 0.203 e. The summed E-state index contributed by atoms with van der Waals surface area (Å²) in [6.45, 7) is 0.609. The van der Waals surface area contributed by atoms with E-state index in [2.05, 4.69) is 0 Å². The topological polar surface area (TPSA) is 53.9 Å². The van der Waals surface area contributed by atoms with Gasteiger partial charge in [-0.3, -0.25) is 5.41 Å². The fourth-order valence-corrected chi connectivity index (χ4v) is 2.58. The van der Waals surface area contributed by atoms with Crippen molar-refractivity contribution in [2.24, 2.45) is 0 Å². The summed E-state index contributed by atoms with van der Waals surface area (Å²) in [7, 11) is 0. The highest BCUT2D eigenvalue weighted by molar-refractivity contribution is 5.85. The minimum atomic E-state index is -0.275. The molecule has 2 aromatic carbocycles. The molecule has 2 N–H and O–H groups in total. The molecule has 116 valence electrons. The number of halogens is 2. The number of imidazole rings is 1. The van der Waals surface area contributed by atoms with Crippen LogP contribution in [0.5, 0.6) is 0 Å². The lowest BCUT2D eigenvalue weighted by molar-refractivity contribution is 0.274. The molecule has 3 rings (SSSR count). The zero-order chi connectivity index (χ0) is 14.8. The monoisotopic (exact) mass is 321 g/mol. The van der Waals surface area contributed by atoms with E-state index in [9.17, 15) is 9.50 Å². The Labute approximate surface area is 133 Å². The first kappa shape index (κ1) is 16.3. The van der Waals surface area contributed by atoms with Crippen LogP contribution in [0, 0.1) is 11.2 Å². The van der Waals surface area contributed by atoms with E-state index in [1.54, 1.807) is 27.3 Å². The second-order valence-corrected chi connectivity index (χ2v) is 4.87. The van der Waals surface area contributed by atoms with Crippen molar-refractivity contribution in [3.8, 4) is 0 Å². The predicted octanol–water partition coefficient (Wildman–Crippen LogP) is 2.52. The summed E-state index contributed by atoms with van der Waals surface area (Å²) in [5, 5.41) is 17.5. The van der Waals surface area contributed by atoms with Crippen molar-refractivity contribution in [1.29, 1.82) is 5.41 Å². The molecule has 0 saturated carbocycles. The minimum absolute atomic E-state index is 0. The highest BCUT2D eigenvalue weighted by Crippen LogP contribution is 2.15. The van der Waals surface area contributed by atoms with Gasteiger partial charge in [-0.1, -0.05) is 30.3 Å². The van der Waals surface area contributed by atoms with E-state index in [0.717, 1.165) is 11.0 Å². The van der Waals surface area contributed by atoms with Gasteiger partial charge in [-0.15, -0.1) is 12.4 Å². The van der Waals surface area contributed by atoms with Crippen LogP contribution >= 0.6 is 12.4 Å². The molecule has 6 heteroatoms. The van der Waals surface area contributed by atoms with Crippen LogP contribution in [0.2, 0.25) is 0 Å². The average Bonchev–Trinajstić information content (AvgIpc) is 2.76. The van der Waals surface area contributed by atoms with Crippen molar-refractivity contribution >= 4 is 23.4 Å². The Kier molecular flexibility index (Phi) is 5.00. The molecule has 4 nitrogen and oxygen atoms in total. The van der Waals surface area contributed by atoms with Gasteiger partial charge in [0, 0.05) is 12.1 Å². The van der Waals surface area contributed by atoms with Crippen molar-refractivity contribution in [2.45, 2.75) is 13.1 Å². The Hall–Kier alpha value is -2.11. The van der Waals surface area contributed by atoms with Gasteiger partial charge in [-0.05, 0) is 18.2 Å². The average molecular weight is 322 g/mol. The van der Waals surface area contributed by atoms with Crippen LogP contribution in [0.3, 0.4) is 0 Å². The number of benzene rings is 2. The summed E-state index contributed by atoms with van der Waals surface area (Å²) in [5.41, 5.74) is 2.53. The lowest BCUT2D eigenvalue weighted by atomic mass is 10.2. The van der Waals surface area contributed by atoms with Gasteiger partial charge in [0.05, 0.1) is 24.2 Å². The first-order valence-electron chi connectivity index (χ1n) is 6.79. The highest BCUT2D eigenvalue weighted by atomic mass is 35.5. The maximum atomic E-state index is 13.8. The van der Waals surface area contributed by atoms with E-state index in [1.807, 2.05) is 24.3 Å². The molecule has 0 aliphatic rings.